The molecule has 7 heteroatoms. The van der Waals surface area contributed by atoms with E-state index in [0.29, 0.717) is 29.4 Å². The molecule has 0 bridgehead atoms. The molecule has 0 fully saturated rings. The molecule has 3 rings (SSSR count). The Labute approximate surface area is 172 Å². The molecule has 0 spiro atoms. The molecule has 0 aromatic heterocycles. The minimum Gasteiger partial charge on any atom is -0.492 e. The monoisotopic (exact) mass is 447 g/mol. The third kappa shape index (κ3) is 4.65. The van der Waals surface area contributed by atoms with E-state index in [4.69, 9.17) is 14.2 Å². The summed E-state index contributed by atoms with van der Waals surface area (Å²) in [7, 11) is 0. The predicted octanol–water partition coefficient (Wildman–Crippen LogP) is 4.39. The number of nitrogens with one attached hydrogen (secondary N) is 1. The molecule has 2 aromatic rings. The van der Waals surface area contributed by atoms with Crippen molar-refractivity contribution in [3.05, 3.63) is 45.9 Å². The average molecular weight is 448 g/mol. The van der Waals surface area contributed by atoms with Crippen LogP contribution < -0.4 is 19.5 Å². The van der Waals surface area contributed by atoms with Gasteiger partial charge in [-0.2, -0.15) is 0 Å². The van der Waals surface area contributed by atoms with Gasteiger partial charge in [0.25, 0.3) is 5.91 Å². The van der Waals surface area contributed by atoms with E-state index in [9.17, 15) is 9.59 Å². The number of carbonyl (C=O) groups excluding carboxylic acids is 2. The fourth-order valence-corrected chi connectivity index (χ4v) is 3.41. The highest BCUT2D eigenvalue weighted by molar-refractivity contribution is 9.10. The molecule has 1 atom stereocenters. The van der Waals surface area contributed by atoms with E-state index in [2.05, 4.69) is 21.2 Å². The highest BCUT2D eigenvalue weighted by Gasteiger charge is 2.22. The van der Waals surface area contributed by atoms with Crippen LogP contribution in [0.25, 0.3) is 0 Å². The van der Waals surface area contributed by atoms with Crippen LogP contribution in [0.5, 0.6) is 17.2 Å². The van der Waals surface area contributed by atoms with Gasteiger partial charge in [0, 0.05) is 22.5 Å². The van der Waals surface area contributed by atoms with Crippen molar-refractivity contribution in [3.8, 4) is 17.2 Å². The van der Waals surface area contributed by atoms with Crippen LogP contribution in [0.15, 0.2) is 34.8 Å². The van der Waals surface area contributed by atoms with Crippen molar-refractivity contribution in [3.63, 3.8) is 0 Å². The molecular weight excluding hydrogens is 426 g/mol. The maximum Gasteiger partial charge on any atom is 0.262 e. The zero-order chi connectivity index (χ0) is 20.3. The lowest BCUT2D eigenvalue weighted by atomic mass is 10.1. The Morgan fingerprint density at radius 1 is 1.21 bits per heavy atom. The SMILES string of the molecule is CCOc1cc2c(cc1NC(=O)COc1ccc(Br)cc1C(C)=O)O[C@@H](C)C2. The van der Waals surface area contributed by atoms with Gasteiger partial charge in [-0.05, 0) is 45.0 Å². The second-order valence-electron chi connectivity index (χ2n) is 6.56. The Kier molecular flexibility index (Phi) is 6.24. The molecule has 148 valence electrons. The number of rotatable bonds is 7. The van der Waals surface area contributed by atoms with Crippen LogP contribution in [0.4, 0.5) is 5.69 Å². The molecule has 0 saturated heterocycles. The third-order valence-corrected chi connectivity index (χ3v) is 4.75. The molecular formula is C21H22BrNO5. The van der Waals surface area contributed by atoms with Crippen LogP contribution in [0, 0.1) is 0 Å². The Morgan fingerprint density at radius 2 is 2.00 bits per heavy atom. The van der Waals surface area contributed by atoms with E-state index < -0.39 is 0 Å². The second kappa shape index (κ2) is 8.65. The number of benzene rings is 2. The van der Waals surface area contributed by atoms with Crippen LogP contribution in [-0.2, 0) is 11.2 Å². The van der Waals surface area contributed by atoms with Crippen LogP contribution in [0.1, 0.15) is 36.7 Å². The fraction of sp³-hybridized carbons (Fsp3) is 0.333. The first-order chi connectivity index (χ1) is 13.4. The summed E-state index contributed by atoms with van der Waals surface area (Å²) < 4.78 is 17.8. The maximum atomic E-state index is 12.4. The van der Waals surface area contributed by atoms with E-state index in [1.807, 2.05) is 19.9 Å². The van der Waals surface area contributed by atoms with Gasteiger partial charge in [-0.25, -0.2) is 0 Å². The van der Waals surface area contributed by atoms with Gasteiger partial charge in [-0.15, -0.1) is 0 Å². The summed E-state index contributed by atoms with van der Waals surface area (Å²) in [5.41, 5.74) is 2.01. The highest BCUT2D eigenvalue weighted by Crippen LogP contribution is 2.38. The Morgan fingerprint density at radius 3 is 2.71 bits per heavy atom. The molecule has 0 aliphatic carbocycles. The highest BCUT2D eigenvalue weighted by atomic mass is 79.9. The summed E-state index contributed by atoms with van der Waals surface area (Å²) in [5, 5.41) is 2.81. The molecule has 1 heterocycles. The molecule has 0 saturated carbocycles. The summed E-state index contributed by atoms with van der Waals surface area (Å²) in [6, 6.07) is 8.77. The average Bonchev–Trinajstić information content (AvgIpc) is 2.99. The standard InChI is InChI=1S/C21H22BrNO5/c1-4-26-20-8-14-7-12(2)28-19(14)10-17(20)23-21(25)11-27-18-6-5-15(22)9-16(18)13(3)24/h5-6,8-10,12H,4,7,11H2,1-3H3,(H,23,25)/t12-/m0/s1. The van der Waals surface area contributed by atoms with Gasteiger partial charge >= 0.3 is 0 Å². The number of hydrogen-bond donors (Lipinski definition) is 1. The summed E-state index contributed by atoms with van der Waals surface area (Å²) in [6.07, 6.45) is 0.908. The van der Waals surface area contributed by atoms with Crippen molar-refractivity contribution in [1.82, 2.24) is 0 Å². The molecule has 1 amide bonds. The van der Waals surface area contributed by atoms with E-state index in [0.717, 1.165) is 22.2 Å². The smallest absolute Gasteiger partial charge is 0.262 e. The number of hydrogen-bond acceptors (Lipinski definition) is 5. The molecule has 6 nitrogen and oxygen atoms in total. The number of anilines is 1. The van der Waals surface area contributed by atoms with Crippen molar-refractivity contribution < 1.29 is 23.8 Å². The first-order valence-electron chi connectivity index (χ1n) is 9.07. The van der Waals surface area contributed by atoms with E-state index in [1.165, 1.54) is 6.92 Å². The van der Waals surface area contributed by atoms with Gasteiger partial charge < -0.3 is 19.5 Å². The van der Waals surface area contributed by atoms with Crippen LogP contribution in [0.2, 0.25) is 0 Å². The first-order valence-corrected chi connectivity index (χ1v) is 9.86. The number of fused-ring (bicyclic) bond motifs is 1. The molecule has 1 aliphatic heterocycles. The third-order valence-electron chi connectivity index (χ3n) is 4.25. The number of ether oxygens (including phenoxy) is 3. The van der Waals surface area contributed by atoms with Gasteiger partial charge in [0.1, 0.15) is 23.4 Å². The van der Waals surface area contributed by atoms with Crippen LogP contribution in [-0.4, -0.2) is 31.0 Å². The minimum absolute atomic E-state index is 0.0983. The number of halogens is 1. The first kappa shape index (κ1) is 20.2. The normalized spacial score (nSPS) is 14.8. The fourth-order valence-electron chi connectivity index (χ4n) is 3.04. The largest absolute Gasteiger partial charge is 0.492 e. The molecule has 0 unspecified atom stereocenters. The summed E-state index contributed by atoms with van der Waals surface area (Å²) in [6.45, 7) is 5.58. The van der Waals surface area contributed by atoms with Crippen molar-refractivity contribution in [1.29, 1.82) is 0 Å². The lowest BCUT2D eigenvalue weighted by molar-refractivity contribution is -0.118. The quantitative estimate of drug-likeness (QED) is 0.636. The Hall–Kier alpha value is -2.54. The van der Waals surface area contributed by atoms with Crippen molar-refractivity contribution in [2.75, 3.05) is 18.5 Å². The van der Waals surface area contributed by atoms with Crippen LogP contribution in [0.3, 0.4) is 0 Å². The van der Waals surface area contributed by atoms with E-state index in [-0.39, 0.29) is 24.4 Å². The van der Waals surface area contributed by atoms with Crippen molar-refractivity contribution in [2.24, 2.45) is 0 Å². The minimum atomic E-state index is -0.357. The maximum absolute atomic E-state index is 12.4. The van der Waals surface area contributed by atoms with E-state index in [1.54, 1.807) is 24.3 Å². The molecule has 1 aliphatic rings. The number of Topliss-reactive ketones (excluding diaryl/α,β-unsaturated/α-hetero) is 1. The molecule has 1 N–H and O–H groups in total. The Balaban J connectivity index is 1.72. The number of ketones is 1. The topological polar surface area (TPSA) is 73.9 Å². The zero-order valence-corrected chi connectivity index (χ0v) is 17.6. The number of amides is 1. The Bertz CT molecular complexity index is 912. The summed E-state index contributed by atoms with van der Waals surface area (Å²) in [5.74, 6) is 1.21. The predicted molar refractivity (Wildman–Crippen MR) is 110 cm³/mol. The number of carbonyl (C=O) groups is 2. The van der Waals surface area contributed by atoms with Gasteiger partial charge in [-0.1, -0.05) is 15.9 Å². The van der Waals surface area contributed by atoms with Crippen molar-refractivity contribution in [2.45, 2.75) is 33.3 Å². The molecule has 2 aromatic carbocycles. The van der Waals surface area contributed by atoms with Crippen LogP contribution >= 0.6 is 15.9 Å². The summed E-state index contributed by atoms with van der Waals surface area (Å²) >= 11 is 3.33. The lowest BCUT2D eigenvalue weighted by Crippen LogP contribution is -2.21. The zero-order valence-electron chi connectivity index (χ0n) is 16.0. The van der Waals surface area contributed by atoms with E-state index >= 15 is 0 Å². The molecule has 0 radical (unpaired) electrons. The summed E-state index contributed by atoms with van der Waals surface area (Å²) in [4.78, 5) is 24.2. The van der Waals surface area contributed by atoms with Crippen molar-refractivity contribution >= 4 is 33.3 Å². The van der Waals surface area contributed by atoms with Gasteiger partial charge in [0.2, 0.25) is 0 Å². The van der Waals surface area contributed by atoms with Gasteiger partial charge in [0.05, 0.1) is 17.9 Å². The second-order valence-corrected chi connectivity index (χ2v) is 7.47. The van der Waals surface area contributed by atoms with Gasteiger partial charge in [-0.3, -0.25) is 9.59 Å². The molecule has 28 heavy (non-hydrogen) atoms. The lowest BCUT2D eigenvalue weighted by Gasteiger charge is -2.14. The van der Waals surface area contributed by atoms with Gasteiger partial charge in [0.15, 0.2) is 12.4 Å².